The van der Waals surface area contributed by atoms with Gasteiger partial charge >= 0.3 is 21.5 Å². The summed E-state index contributed by atoms with van der Waals surface area (Å²) in [6.07, 6.45) is -9.08. The highest BCUT2D eigenvalue weighted by molar-refractivity contribution is 7.87. The van der Waals surface area contributed by atoms with Crippen molar-refractivity contribution in [3.05, 3.63) is 0 Å². The summed E-state index contributed by atoms with van der Waals surface area (Å²) < 4.78 is 91.8. The maximum Gasteiger partial charge on any atom is 0.389 e. The average Bonchev–Trinajstić information content (AvgIpc) is 1.99. The first-order valence-electron chi connectivity index (χ1n) is 3.01. The van der Waals surface area contributed by atoms with Crippen molar-refractivity contribution in [2.75, 3.05) is 0 Å². The van der Waals surface area contributed by atoms with Gasteiger partial charge < -0.3 is 6.15 Å². The number of rotatable bonds is 4. The molecule has 0 aliphatic heterocycles. The molecule has 94 valence electrons. The molecule has 0 fully saturated rings. The number of alkyl halides is 5. The van der Waals surface area contributed by atoms with Crippen molar-refractivity contribution in [1.82, 2.24) is 6.15 Å². The zero-order valence-corrected chi connectivity index (χ0v) is 7.84. The van der Waals surface area contributed by atoms with Crippen LogP contribution in [0.2, 0.25) is 0 Å². The summed E-state index contributed by atoms with van der Waals surface area (Å²) in [5.74, 6) is 0. The average molecular weight is 263 g/mol. The predicted octanol–water partition coefficient (Wildman–Crippen LogP) is 2.31. The van der Waals surface area contributed by atoms with Crippen molar-refractivity contribution in [1.29, 1.82) is 0 Å². The fourth-order valence-corrected chi connectivity index (χ4v) is 0.903. The Morgan fingerprint density at radius 2 is 1.40 bits per heavy atom. The largest absolute Gasteiger partial charge is 0.389 e. The normalized spacial score (nSPS) is 13.5. The fraction of sp³-hybridized carbons (Fsp3) is 1.00. The lowest BCUT2D eigenvalue weighted by Crippen LogP contribution is -2.30. The summed E-state index contributed by atoms with van der Waals surface area (Å²) in [6.45, 7) is 0. The maximum absolute atomic E-state index is 12.3. The molecule has 0 saturated carbocycles. The van der Waals surface area contributed by atoms with Crippen LogP contribution in [-0.4, -0.2) is 19.8 Å². The summed E-state index contributed by atoms with van der Waals surface area (Å²) in [4.78, 5) is 0. The minimum absolute atomic E-state index is 0. The van der Waals surface area contributed by atoms with Gasteiger partial charge in [0.05, 0.1) is 6.42 Å². The van der Waals surface area contributed by atoms with Gasteiger partial charge in [-0.05, 0) is 4.53 Å². The van der Waals surface area contributed by atoms with Gasteiger partial charge in [-0.1, -0.05) is 4.39 Å². The summed E-state index contributed by atoms with van der Waals surface area (Å²) in [5, 5.41) is -4.89. The molecule has 0 aromatic heterocycles. The molecule has 0 atom stereocenters. The van der Waals surface area contributed by atoms with Gasteiger partial charge in [-0.15, -0.1) is 0 Å². The second-order valence-corrected chi connectivity index (χ2v) is 3.90. The minimum Gasteiger partial charge on any atom is -0.344 e. The van der Waals surface area contributed by atoms with E-state index in [1.54, 1.807) is 0 Å². The van der Waals surface area contributed by atoms with Crippen molar-refractivity contribution >= 4 is 10.1 Å². The van der Waals surface area contributed by atoms with Crippen molar-refractivity contribution in [2.24, 2.45) is 0 Å². The highest BCUT2D eigenvalue weighted by Crippen LogP contribution is 2.33. The first kappa shape index (κ1) is 16.9. The van der Waals surface area contributed by atoms with Crippen LogP contribution in [0.4, 0.5) is 26.5 Å². The van der Waals surface area contributed by atoms with Crippen LogP contribution in [-0.2, 0) is 14.5 Å². The van der Waals surface area contributed by atoms with Gasteiger partial charge in [-0.2, -0.15) is 30.4 Å². The van der Waals surface area contributed by atoms with Crippen molar-refractivity contribution in [2.45, 2.75) is 24.3 Å². The van der Waals surface area contributed by atoms with Crippen molar-refractivity contribution < 1.29 is 39.3 Å². The van der Waals surface area contributed by atoms with E-state index in [4.69, 9.17) is 0 Å². The number of hydrogen-bond acceptors (Lipinski definition) is 4. The first-order valence-corrected chi connectivity index (χ1v) is 4.42. The molecule has 15 heavy (non-hydrogen) atoms. The van der Waals surface area contributed by atoms with Gasteiger partial charge in [0.25, 0.3) is 0 Å². The van der Waals surface area contributed by atoms with Crippen LogP contribution in [0, 0.1) is 0 Å². The van der Waals surface area contributed by atoms with Gasteiger partial charge in [0.1, 0.15) is 0 Å². The highest BCUT2D eigenvalue weighted by Gasteiger charge is 2.49. The summed E-state index contributed by atoms with van der Waals surface area (Å²) in [6, 6.07) is 0. The molecule has 0 radical (unpaired) electrons. The predicted molar refractivity (Wildman–Crippen MR) is 36.4 cm³/mol. The zero-order valence-electron chi connectivity index (χ0n) is 7.02. The van der Waals surface area contributed by atoms with E-state index in [9.17, 15) is 34.9 Å². The van der Waals surface area contributed by atoms with Crippen LogP contribution < -0.4 is 6.15 Å². The van der Waals surface area contributed by atoms with Crippen LogP contribution in [0.1, 0.15) is 12.8 Å². The van der Waals surface area contributed by atoms with E-state index >= 15 is 0 Å². The molecule has 4 nitrogen and oxygen atoms in total. The number of halogens is 6. The molecule has 0 aliphatic carbocycles. The monoisotopic (exact) mass is 263 g/mol. The first-order chi connectivity index (χ1) is 6.02. The molecule has 0 spiro atoms. The van der Waals surface area contributed by atoms with Gasteiger partial charge in [0.2, 0.25) is 0 Å². The molecule has 0 aliphatic rings. The lowest BCUT2D eigenvalue weighted by Gasteiger charge is -2.14. The second kappa shape index (κ2) is 4.99. The van der Waals surface area contributed by atoms with E-state index in [0.29, 0.717) is 0 Å². The Hall–Kier alpha value is -0.550. The van der Waals surface area contributed by atoms with Crippen LogP contribution in [0.15, 0.2) is 0 Å². The third-order valence-electron chi connectivity index (χ3n) is 1.15. The van der Waals surface area contributed by atoms with Crippen molar-refractivity contribution in [3.63, 3.8) is 0 Å². The van der Waals surface area contributed by atoms with Crippen LogP contribution in [0.5, 0.6) is 0 Å². The van der Waals surface area contributed by atoms with Crippen LogP contribution >= 0.6 is 0 Å². The van der Waals surface area contributed by atoms with E-state index in [-0.39, 0.29) is 6.15 Å². The highest BCUT2D eigenvalue weighted by atomic mass is 32.2. The molecule has 0 heterocycles. The van der Waals surface area contributed by atoms with Gasteiger partial charge in [-0.3, -0.25) is 0 Å². The van der Waals surface area contributed by atoms with E-state index < -0.39 is 34.4 Å². The SMILES string of the molecule is N.O=S(=O)(OF)C(F)(F)CCC(F)(F)F. The summed E-state index contributed by atoms with van der Waals surface area (Å²) >= 11 is 0. The Balaban J connectivity index is 0. The topological polar surface area (TPSA) is 78.4 Å². The van der Waals surface area contributed by atoms with Gasteiger partial charge in [0, 0.05) is 6.42 Å². The molecule has 0 amide bonds. The summed E-state index contributed by atoms with van der Waals surface area (Å²) in [7, 11) is -5.92. The minimum atomic E-state index is -5.92. The van der Waals surface area contributed by atoms with E-state index in [2.05, 4.69) is 0 Å². The molecule has 0 aromatic rings. The Labute approximate surface area is 80.8 Å². The molecule has 0 saturated heterocycles. The zero-order chi connectivity index (χ0) is 11.6. The molecule has 3 N–H and O–H groups in total. The lowest BCUT2D eigenvalue weighted by molar-refractivity contribution is -0.145. The third-order valence-corrected chi connectivity index (χ3v) is 2.25. The summed E-state index contributed by atoms with van der Waals surface area (Å²) in [5.41, 5.74) is 0. The van der Waals surface area contributed by atoms with Crippen LogP contribution in [0.3, 0.4) is 0 Å². The third kappa shape index (κ3) is 5.18. The molecule has 0 rings (SSSR count). The van der Waals surface area contributed by atoms with E-state index in [0.717, 1.165) is 0 Å². The Morgan fingerprint density at radius 1 is 1.00 bits per heavy atom. The molecular formula is C4H7F6NO3S. The molecular weight excluding hydrogens is 256 g/mol. The van der Waals surface area contributed by atoms with Crippen LogP contribution in [0.25, 0.3) is 0 Å². The molecule has 0 unspecified atom stereocenters. The number of hydrogen-bond donors (Lipinski definition) is 1. The second-order valence-electron chi connectivity index (χ2n) is 2.27. The Kier molecular flexibility index (Phi) is 5.60. The molecule has 0 aromatic carbocycles. The maximum atomic E-state index is 12.3. The van der Waals surface area contributed by atoms with Crippen molar-refractivity contribution in [3.8, 4) is 0 Å². The molecule has 11 heteroatoms. The Bertz CT molecular complexity index is 285. The van der Waals surface area contributed by atoms with Gasteiger partial charge in [0.15, 0.2) is 0 Å². The lowest BCUT2D eigenvalue weighted by atomic mass is 10.3. The van der Waals surface area contributed by atoms with Gasteiger partial charge in [-0.25, -0.2) is 0 Å². The Morgan fingerprint density at radius 3 is 1.67 bits per heavy atom. The molecule has 0 bridgehead atoms. The standard InChI is InChI=1S/C4H4F6O3S.H3N/c5-3(6,7)1-2-4(8,9)14(11,12)13-10;/h1-2H2;1H3. The quantitative estimate of drug-likeness (QED) is 0.789. The smallest absolute Gasteiger partial charge is 0.344 e. The van der Waals surface area contributed by atoms with E-state index in [1.165, 1.54) is 0 Å². The van der Waals surface area contributed by atoms with E-state index in [1.807, 2.05) is 4.39 Å². The fourth-order valence-electron chi connectivity index (χ4n) is 0.458.